The van der Waals surface area contributed by atoms with Gasteiger partial charge in [-0.15, -0.1) is 0 Å². The molecule has 2 aliphatic heterocycles. The zero-order valence-electron chi connectivity index (χ0n) is 13.6. The van der Waals surface area contributed by atoms with Crippen LogP contribution in [-0.4, -0.2) is 62.1 Å². The molecular formula is C17H30N2O2. The van der Waals surface area contributed by atoms with Crippen molar-refractivity contribution in [1.29, 1.82) is 0 Å². The molecule has 4 heteroatoms. The number of ether oxygens (including phenoxy) is 1. The van der Waals surface area contributed by atoms with Crippen LogP contribution in [0, 0.1) is 11.3 Å². The van der Waals surface area contributed by atoms with Crippen LogP contribution in [0.3, 0.4) is 0 Å². The third-order valence-corrected chi connectivity index (χ3v) is 5.81. The van der Waals surface area contributed by atoms with Crippen molar-refractivity contribution in [2.75, 3.05) is 40.3 Å². The smallest absolute Gasteiger partial charge is 0.226 e. The molecule has 3 fully saturated rings. The summed E-state index contributed by atoms with van der Waals surface area (Å²) in [4.78, 5) is 16.4. The predicted octanol–water partition coefficient (Wildman–Crippen LogP) is 2.14. The van der Waals surface area contributed by atoms with Crippen LogP contribution in [0.5, 0.6) is 0 Å². The first-order chi connectivity index (χ1) is 10.1. The van der Waals surface area contributed by atoms with Crippen LogP contribution in [0.25, 0.3) is 0 Å². The van der Waals surface area contributed by atoms with E-state index in [0.29, 0.717) is 17.4 Å². The van der Waals surface area contributed by atoms with Crippen molar-refractivity contribution in [2.24, 2.45) is 11.3 Å². The van der Waals surface area contributed by atoms with Gasteiger partial charge in [-0.2, -0.15) is 0 Å². The standard InChI is InChI=1S/C17H30N2O2/c1-18(2)16(20)14-7-10-19(12-14)13-17(8-5-9-17)15-6-3-4-11-21-15/h14-15H,3-13H2,1-2H3. The van der Waals surface area contributed by atoms with Gasteiger partial charge < -0.3 is 14.5 Å². The lowest BCUT2D eigenvalue weighted by Gasteiger charge is -2.50. The Kier molecular flexibility index (Phi) is 4.55. The monoisotopic (exact) mass is 294 g/mol. The normalized spacial score (nSPS) is 32.7. The SMILES string of the molecule is CN(C)C(=O)C1CCN(CC2(C3CCCCO3)CCC2)C1. The molecule has 0 aromatic carbocycles. The van der Waals surface area contributed by atoms with Crippen molar-refractivity contribution < 1.29 is 9.53 Å². The van der Waals surface area contributed by atoms with Crippen molar-refractivity contribution in [2.45, 2.75) is 51.0 Å². The molecule has 120 valence electrons. The number of rotatable bonds is 4. The highest BCUT2D eigenvalue weighted by molar-refractivity contribution is 5.78. The highest BCUT2D eigenvalue weighted by Gasteiger charge is 2.47. The lowest BCUT2D eigenvalue weighted by atomic mass is 9.63. The van der Waals surface area contributed by atoms with Crippen LogP contribution >= 0.6 is 0 Å². The summed E-state index contributed by atoms with van der Waals surface area (Å²) in [5.41, 5.74) is 0.399. The van der Waals surface area contributed by atoms with E-state index < -0.39 is 0 Å². The van der Waals surface area contributed by atoms with Crippen molar-refractivity contribution in [1.82, 2.24) is 9.80 Å². The quantitative estimate of drug-likeness (QED) is 0.796. The second-order valence-electron chi connectivity index (χ2n) is 7.52. The van der Waals surface area contributed by atoms with E-state index in [2.05, 4.69) is 4.90 Å². The molecule has 1 amide bonds. The third kappa shape index (κ3) is 3.11. The number of likely N-dealkylation sites (tertiary alicyclic amines) is 1. The molecule has 0 bridgehead atoms. The van der Waals surface area contributed by atoms with Gasteiger partial charge in [0.2, 0.25) is 5.91 Å². The molecule has 2 heterocycles. The Balaban J connectivity index is 1.57. The Morgan fingerprint density at radius 1 is 1.24 bits per heavy atom. The van der Waals surface area contributed by atoms with Crippen LogP contribution in [0.1, 0.15) is 44.9 Å². The fraction of sp³-hybridized carbons (Fsp3) is 0.941. The van der Waals surface area contributed by atoms with Gasteiger partial charge in [0.15, 0.2) is 0 Å². The first kappa shape index (κ1) is 15.3. The van der Waals surface area contributed by atoms with E-state index in [1.807, 2.05) is 14.1 Å². The summed E-state index contributed by atoms with van der Waals surface area (Å²) in [6, 6.07) is 0. The molecule has 0 spiro atoms. The fourth-order valence-electron chi connectivity index (χ4n) is 4.42. The van der Waals surface area contributed by atoms with Crippen molar-refractivity contribution in [3.8, 4) is 0 Å². The second kappa shape index (κ2) is 6.25. The maximum atomic E-state index is 12.1. The number of hydrogen-bond donors (Lipinski definition) is 0. The molecule has 4 nitrogen and oxygen atoms in total. The van der Waals surface area contributed by atoms with Crippen LogP contribution in [0.2, 0.25) is 0 Å². The summed E-state index contributed by atoms with van der Waals surface area (Å²) < 4.78 is 6.11. The van der Waals surface area contributed by atoms with Gasteiger partial charge in [0, 0.05) is 39.2 Å². The third-order valence-electron chi connectivity index (χ3n) is 5.81. The summed E-state index contributed by atoms with van der Waals surface area (Å²) in [6.07, 6.45) is 9.30. The highest BCUT2D eigenvalue weighted by atomic mass is 16.5. The molecule has 2 atom stereocenters. The van der Waals surface area contributed by atoms with E-state index >= 15 is 0 Å². The Labute approximate surface area is 128 Å². The van der Waals surface area contributed by atoms with E-state index in [1.54, 1.807) is 4.90 Å². The van der Waals surface area contributed by atoms with Gasteiger partial charge in [-0.25, -0.2) is 0 Å². The number of amides is 1. The molecule has 0 N–H and O–H groups in total. The molecule has 0 aromatic heterocycles. The average Bonchev–Trinajstić information content (AvgIpc) is 2.91. The number of carbonyl (C=O) groups excluding carboxylic acids is 1. The topological polar surface area (TPSA) is 32.8 Å². The van der Waals surface area contributed by atoms with Crippen LogP contribution < -0.4 is 0 Å². The lowest BCUT2D eigenvalue weighted by Crippen LogP contribution is -2.51. The van der Waals surface area contributed by atoms with Gasteiger partial charge in [0.25, 0.3) is 0 Å². The zero-order valence-corrected chi connectivity index (χ0v) is 13.6. The molecule has 0 radical (unpaired) electrons. The van der Waals surface area contributed by atoms with E-state index in [0.717, 1.165) is 32.7 Å². The molecule has 1 saturated carbocycles. The molecule has 1 aliphatic carbocycles. The summed E-state index contributed by atoms with van der Waals surface area (Å²) >= 11 is 0. The maximum Gasteiger partial charge on any atom is 0.226 e. The van der Waals surface area contributed by atoms with Crippen LogP contribution in [-0.2, 0) is 9.53 Å². The largest absolute Gasteiger partial charge is 0.378 e. The summed E-state index contributed by atoms with van der Waals surface area (Å²) in [5.74, 6) is 0.512. The van der Waals surface area contributed by atoms with Crippen molar-refractivity contribution >= 4 is 5.91 Å². The molecule has 2 unspecified atom stereocenters. The number of nitrogens with zero attached hydrogens (tertiary/aromatic N) is 2. The minimum absolute atomic E-state index is 0.212. The number of carbonyl (C=O) groups is 1. The molecule has 2 saturated heterocycles. The van der Waals surface area contributed by atoms with Gasteiger partial charge >= 0.3 is 0 Å². The Morgan fingerprint density at radius 2 is 2.05 bits per heavy atom. The van der Waals surface area contributed by atoms with Crippen molar-refractivity contribution in [3.63, 3.8) is 0 Å². The zero-order chi connectivity index (χ0) is 14.9. The first-order valence-corrected chi connectivity index (χ1v) is 8.66. The molecule has 3 aliphatic rings. The summed E-state index contributed by atoms with van der Waals surface area (Å²) in [7, 11) is 3.74. The van der Waals surface area contributed by atoms with Gasteiger partial charge in [-0.05, 0) is 45.1 Å². The van der Waals surface area contributed by atoms with Crippen molar-refractivity contribution in [3.05, 3.63) is 0 Å². The van der Waals surface area contributed by atoms with Gasteiger partial charge in [0.05, 0.1) is 12.0 Å². The predicted molar refractivity (Wildman–Crippen MR) is 83.1 cm³/mol. The minimum Gasteiger partial charge on any atom is -0.378 e. The van der Waals surface area contributed by atoms with E-state index in [4.69, 9.17) is 4.74 Å². The average molecular weight is 294 g/mol. The van der Waals surface area contributed by atoms with Gasteiger partial charge in [0.1, 0.15) is 0 Å². The molecule has 3 rings (SSSR count). The summed E-state index contributed by atoms with van der Waals surface area (Å²) in [6.45, 7) is 4.13. The lowest BCUT2D eigenvalue weighted by molar-refractivity contribution is -0.133. The first-order valence-electron chi connectivity index (χ1n) is 8.66. The summed E-state index contributed by atoms with van der Waals surface area (Å²) in [5, 5.41) is 0. The molecular weight excluding hydrogens is 264 g/mol. The van der Waals surface area contributed by atoms with Gasteiger partial charge in [-0.1, -0.05) is 6.42 Å². The minimum atomic E-state index is 0.212. The highest BCUT2D eigenvalue weighted by Crippen LogP contribution is 2.48. The van der Waals surface area contributed by atoms with Crippen LogP contribution in [0.15, 0.2) is 0 Å². The maximum absolute atomic E-state index is 12.1. The Hall–Kier alpha value is -0.610. The fourth-order valence-corrected chi connectivity index (χ4v) is 4.42. The van der Waals surface area contributed by atoms with E-state index in [-0.39, 0.29) is 5.92 Å². The van der Waals surface area contributed by atoms with E-state index in [1.165, 1.54) is 38.5 Å². The number of hydrogen-bond acceptors (Lipinski definition) is 3. The second-order valence-corrected chi connectivity index (χ2v) is 7.52. The Morgan fingerprint density at radius 3 is 2.62 bits per heavy atom. The molecule has 21 heavy (non-hydrogen) atoms. The van der Waals surface area contributed by atoms with E-state index in [9.17, 15) is 4.79 Å². The van der Waals surface area contributed by atoms with Crippen LogP contribution in [0.4, 0.5) is 0 Å². The van der Waals surface area contributed by atoms with Gasteiger partial charge in [-0.3, -0.25) is 4.79 Å². The molecule has 0 aromatic rings. The Bertz CT molecular complexity index is 373.